The molecule has 2 nitrogen and oxygen atoms in total. The smallest absolute Gasteiger partial charge is 0.0429 e. The highest BCUT2D eigenvalue weighted by Gasteiger charge is 2.35. The van der Waals surface area contributed by atoms with E-state index in [1.54, 1.807) is 0 Å². The van der Waals surface area contributed by atoms with Gasteiger partial charge in [-0.3, -0.25) is 4.90 Å². The van der Waals surface area contributed by atoms with Crippen molar-refractivity contribution in [3.8, 4) is 0 Å². The lowest BCUT2D eigenvalue weighted by Crippen LogP contribution is -2.21. The molecule has 1 saturated heterocycles. The molecule has 0 aromatic heterocycles. The van der Waals surface area contributed by atoms with Crippen molar-refractivity contribution in [2.24, 2.45) is 11.8 Å². The Labute approximate surface area is 108 Å². The molecule has 0 amide bonds. The van der Waals surface area contributed by atoms with Gasteiger partial charge in [0.15, 0.2) is 0 Å². The fourth-order valence-electron chi connectivity index (χ4n) is 3.49. The van der Waals surface area contributed by atoms with E-state index in [-0.39, 0.29) is 0 Å². The Hall–Kier alpha value is -0.730. The Morgan fingerprint density at radius 3 is 2.53 bits per heavy atom. The lowest BCUT2D eigenvalue weighted by atomic mass is 10.0. The Morgan fingerprint density at radius 1 is 1.18 bits per heavy atom. The highest BCUT2D eigenvalue weighted by Crippen LogP contribution is 2.38. The quantitative estimate of drug-likeness (QED) is 0.817. The van der Waals surface area contributed by atoms with E-state index >= 15 is 0 Å². The van der Waals surface area contributed by atoms with E-state index in [2.05, 4.69) is 4.90 Å². The van der Waals surface area contributed by atoms with E-state index in [0.717, 1.165) is 29.1 Å². The molecule has 1 heterocycles. The predicted molar refractivity (Wildman–Crippen MR) is 72.0 cm³/mol. The molecule has 2 fully saturated rings. The maximum atomic E-state index is 6.03. The maximum Gasteiger partial charge on any atom is 0.0429 e. The van der Waals surface area contributed by atoms with Gasteiger partial charge in [-0.2, -0.15) is 0 Å². The van der Waals surface area contributed by atoms with Gasteiger partial charge < -0.3 is 5.73 Å². The molecule has 2 aliphatic rings. The molecule has 1 aromatic rings. The minimum Gasteiger partial charge on any atom is -0.399 e. The van der Waals surface area contributed by atoms with Crippen molar-refractivity contribution in [1.29, 1.82) is 0 Å². The van der Waals surface area contributed by atoms with E-state index in [1.807, 2.05) is 18.2 Å². The number of hydrogen-bond acceptors (Lipinski definition) is 2. The van der Waals surface area contributed by atoms with Gasteiger partial charge in [-0.1, -0.05) is 18.0 Å². The Kier molecular flexibility index (Phi) is 3.01. The molecule has 0 bridgehead atoms. The van der Waals surface area contributed by atoms with Crippen LogP contribution < -0.4 is 5.73 Å². The van der Waals surface area contributed by atoms with Crippen LogP contribution in [0, 0.1) is 11.8 Å². The van der Waals surface area contributed by atoms with E-state index in [4.69, 9.17) is 17.3 Å². The van der Waals surface area contributed by atoms with Gasteiger partial charge in [0.1, 0.15) is 0 Å². The SMILES string of the molecule is Nc1cc(Cl)cc(CN2CC3CCCC3C2)c1. The van der Waals surface area contributed by atoms with Gasteiger partial charge in [-0.15, -0.1) is 0 Å². The first-order valence-corrected chi connectivity index (χ1v) is 6.86. The topological polar surface area (TPSA) is 29.3 Å². The number of nitrogens with two attached hydrogens (primary N) is 1. The fourth-order valence-corrected chi connectivity index (χ4v) is 3.75. The van der Waals surface area contributed by atoms with Crippen molar-refractivity contribution in [1.82, 2.24) is 4.90 Å². The Balaban J connectivity index is 1.67. The number of fused-ring (bicyclic) bond motifs is 1. The normalized spacial score (nSPS) is 28.5. The molecule has 0 radical (unpaired) electrons. The van der Waals surface area contributed by atoms with Crippen LogP contribution in [0.15, 0.2) is 18.2 Å². The van der Waals surface area contributed by atoms with Crippen LogP contribution in [0.2, 0.25) is 5.02 Å². The molecule has 1 saturated carbocycles. The van der Waals surface area contributed by atoms with Gasteiger partial charge >= 0.3 is 0 Å². The van der Waals surface area contributed by atoms with E-state index in [1.165, 1.54) is 37.9 Å². The van der Waals surface area contributed by atoms with Crippen molar-refractivity contribution < 1.29 is 0 Å². The molecule has 2 atom stereocenters. The highest BCUT2D eigenvalue weighted by atomic mass is 35.5. The number of likely N-dealkylation sites (tertiary alicyclic amines) is 1. The van der Waals surface area contributed by atoms with Gasteiger partial charge in [-0.25, -0.2) is 0 Å². The van der Waals surface area contributed by atoms with Gasteiger partial charge in [0.25, 0.3) is 0 Å². The summed E-state index contributed by atoms with van der Waals surface area (Å²) in [5.74, 6) is 1.90. The van der Waals surface area contributed by atoms with Crippen LogP contribution >= 0.6 is 11.6 Å². The molecule has 92 valence electrons. The van der Waals surface area contributed by atoms with Crippen LogP contribution in [-0.2, 0) is 6.54 Å². The number of nitrogens with zero attached hydrogens (tertiary/aromatic N) is 1. The van der Waals surface area contributed by atoms with Gasteiger partial charge in [0.2, 0.25) is 0 Å². The molecule has 1 aromatic carbocycles. The number of rotatable bonds is 2. The summed E-state index contributed by atoms with van der Waals surface area (Å²) < 4.78 is 0. The third kappa shape index (κ3) is 2.43. The summed E-state index contributed by atoms with van der Waals surface area (Å²) in [6.45, 7) is 3.52. The Morgan fingerprint density at radius 2 is 1.88 bits per heavy atom. The van der Waals surface area contributed by atoms with Crippen LogP contribution in [0.25, 0.3) is 0 Å². The first kappa shape index (κ1) is 11.4. The molecule has 2 N–H and O–H groups in total. The average Bonchev–Trinajstić information content (AvgIpc) is 2.75. The second kappa shape index (κ2) is 4.51. The molecule has 2 unspecified atom stereocenters. The van der Waals surface area contributed by atoms with E-state index < -0.39 is 0 Å². The summed E-state index contributed by atoms with van der Waals surface area (Å²) in [6.07, 6.45) is 4.30. The van der Waals surface area contributed by atoms with Crippen LogP contribution in [0.3, 0.4) is 0 Å². The van der Waals surface area contributed by atoms with E-state index in [0.29, 0.717) is 0 Å². The van der Waals surface area contributed by atoms with Gasteiger partial charge in [0.05, 0.1) is 0 Å². The monoisotopic (exact) mass is 250 g/mol. The first-order valence-electron chi connectivity index (χ1n) is 6.48. The third-order valence-corrected chi connectivity index (χ3v) is 4.41. The predicted octanol–water partition coefficient (Wildman–Crippen LogP) is 3.15. The molecule has 3 rings (SSSR count). The first-order chi connectivity index (χ1) is 8.20. The molecule has 1 aliphatic carbocycles. The molecule has 3 heteroatoms. The minimum absolute atomic E-state index is 0.749. The second-order valence-corrected chi connectivity index (χ2v) is 5.97. The fraction of sp³-hybridized carbons (Fsp3) is 0.571. The lowest BCUT2D eigenvalue weighted by Gasteiger charge is -2.17. The van der Waals surface area contributed by atoms with Gasteiger partial charge in [-0.05, 0) is 48.4 Å². The zero-order chi connectivity index (χ0) is 11.8. The average molecular weight is 251 g/mol. The number of hydrogen-bond donors (Lipinski definition) is 1. The van der Waals surface area contributed by atoms with Crippen molar-refractivity contribution in [3.63, 3.8) is 0 Å². The molecular weight excluding hydrogens is 232 g/mol. The molecular formula is C14H19ClN2. The number of anilines is 1. The second-order valence-electron chi connectivity index (χ2n) is 5.54. The number of benzene rings is 1. The zero-order valence-corrected chi connectivity index (χ0v) is 10.8. The minimum atomic E-state index is 0.749. The van der Waals surface area contributed by atoms with Crippen LogP contribution in [0.1, 0.15) is 24.8 Å². The zero-order valence-electron chi connectivity index (χ0n) is 10.0. The third-order valence-electron chi connectivity index (χ3n) is 4.19. The Bertz CT molecular complexity index is 386. The summed E-state index contributed by atoms with van der Waals surface area (Å²) in [6, 6.07) is 5.88. The summed E-state index contributed by atoms with van der Waals surface area (Å²) in [5, 5.41) is 0.749. The summed E-state index contributed by atoms with van der Waals surface area (Å²) in [7, 11) is 0. The van der Waals surface area contributed by atoms with Crippen LogP contribution in [0.5, 0.6) is 0 Å². The highest BCUT2D eigenvalue weighted by molar-refractivity contribution is 6.30. The molecule has 1 aliphatic heterocycles. The molecule has 17 heavy (non-hydrogen) atoms. The van der Waals surface area contributed by atoms with E-state index in [9.17, 15) is 0 Å². The van der Waals surface area contributed by atoms with Crippen molar-refractivity contribution >= 4 is 17.3 Å². The van der Waals surface area contributed by atoms with Gasteiger partial charge in [0, 0.05) is 30.3 Å². The van der Waals surface area contributed by atoms with Crippen LogP contribution in [0.4, 0.5) is 5.69 Å². The summed E-state index contributed by atoms with van der Waals surface area (Å²) >= 11 is 6.03. The largest absolute Gasteiger partial charge is 0.399 e. The maximum absolute atomic E-state index is 6.03. The standard InChI is InChI=1S/C14H19ClN2/c15-13-4-10(5-14(16)6-13)7-17-8-11-2-1-3-12(11)9-17/h4-6,11-12H,1-3,7-9,16H2. The number of halogens is 1. The summed E-state index contributed by atoms with van der Waals surface area (Å²) in [5.41, 5.74) is 7.84. The van der Waals surface area contributed by atoms with Crippen molar-refractivity contribution in [2.45, 2.75) is 25.8 Å². The molecule has 0 spiro atoms. The number of nitrogen functional groups attached to an aromatic ring is 1. The summed E-state index contributed by atoms with van der Waals surface area (Å²) in [4.78, 5) is 2.56. The lowest BCUT2D eigenvalue weighted by molar-refractivity contribution is 0.303. The van der Waals surface area contributed by atoms with Crippen molar-refractivity contribution in [3.05, 3.63) is 28.8 Å². The van der Waals surface area contributed by atoms with Crippen molar-refractivity contribution in [2.75, 3.05) is 18.8 Å². The van der Waals surface area contributed by atoms with Crippen LogP contribution in [-0.4, -0.2) is 18.0 Å².